The van der Waals surface area contributed by atoms with E-state index >= 15 is 0 Å². The van der Waals surface area contributed by atoms with Gasteiger partial charge < -0.3 is 0 Å². The summed E-state index contributed by atoms with van der Waals surface area (Å²) in [5.74, 6) is -3.13. The van der Waals surface area contributed by atoms with Crippen LogP contribution in [0.1, 0.15) is 17.2 Å². The fraction of sp³-hybridized carbons (Fsp3) is 0.158. The molecule has 0 N–H and O–H groups in total. The molecule has 0 heterocycles. The minimum atomic E-state index is -5.38. The third-order valence-electron chi connectivity index (χ3n) is 4.15. The van der Waals surface area contributed by atoms with E-state index in [1.165, 1.54) is 18.2 Å². The largest absolute Gasteiger partial charge is 0.420 e. The summed E-state index contributed by atoms with van der Waals surface area (Å²) < 4.78 is 97.8. The Labute approximate surface area is 157 Å². The highest BCUT2D eigenvalue weighted by Crippen LogP contribution is 2.41. The van der Waals surface area contributed by atoms with Crippen LogP contribution in [0.15, 0.2) is 59.5 Å². The molecular formula is C19H13F5O3S. The smallest absolute Gasteiger partial charge is 0.248 e. The molecule has 0 fully saturated rings. The maximum atomic E-state index is 13.9. The van der Waals surface area contributed by atoms with Gasteiger partial charge in [-0.2, -0.15) is 21.6 Å². The Morgan fingerprint density at radius 2 is 1.39 bits per heavy atom. The Morgan fingerprint density at radius 3 is 2.00 bits per heavy atom. The summed E-state index contributed by atoms with van der Waals surface area (Å²) >= 11 is 0. The molecule has 3 aromatic carbocycles. The molecule has 0 bridgehead atoms. The van der Waals surface area contributed by atoms with Gasteiger partial charge in [-0.3, -0.25) is 0 Å². The van der Waals surface area contributed by atoms with Crippen molar-refractivity contribution in [3.8, 4) is 0 Å². The number of benzene rings is 3. The maximum Gasteiger partial charge on any atom is 0.420 e. The van der Waals surface area contributed by atoms with E-state index in [2.05, 4.69) is 4.18 Å². The molecule has 0 radical (unpaired) electrons. The van der Waals surface area contributed by atoms with Crippen LogP contribution in [0.2, 0.25) is 0 Å². The number of hydrogen-bond acceptors (Lipinski definition) is 3. The van der Waals surface area contributed by atoms with E-state index < -0.39 is 44.5 Å². The van der Waals surface area contributed by atoms with E-state index in [1.807, 2.05) is 0 Å². The highest BCUT2D eigenvalue weighted by molar-refractivity contribution is 7.87. The van der Waals surface area contributed by atoms with Crippen LogP contribution in [0, 0.1) is 18.6 Å². The second kappa shape index (κ2) is 7.14. The zero-order chi connectivity index (χ0) is 20.7. The van der Waals surface area contributed by atoms with Gasteiger partial charge in [0.2, 0.25) is 6.10 Å². The zero-order valence-corrected chi connectivity index (χ0v) is 15.1. The zero-order valence-electron chi connectivity index (χ0n) is 14.3. The summed E-state index contributed by atoms with van der Waals surface area (Å²) in [6, 6.07) is 10.7. The lowest BCUT2D eigenvalue weighted by Crippen LogP contribution is -2.28. The SMILES string of the molecule is Cc1cccc2c(S(=O)(=O)OC(c3c(F)cccc3F)C(F)(F)F)cccc12. The first-order valence-electron chi connectivity index (χ1n) is 7.94. The number of aryl methyl sites for hydroxylation is 1. The fourth-order valence-electron chi connectivity index (χ4n) is 2.86. The first kappa shape index (κ1) is 20.2. The van der Waals surface area contributed by atoms with Crippen LogP contribution < -0.4 is 0 Å². The molecule has 28 heavy (non-hydrogen) atoms. The molecule has 9 heteroatoms. The number of alkyl halides is 3. The molecule has 3 aromatic rings. The van der Waals surface area contributed by atoms with Gasteiger partial charge in [0, 0.05) is 5.39 Å². The number of halogens is 5. The van der Waals surface area contributed by atoms with E-state index in [-0.39, 0.29) is 5.39 Å². The van der Waals surface area contributed by atoms with Gasteiger partial charge in [0.05, 0.1) is 5.56 Å². The average molecular weight is 416 g/mol. The van der Waals surface area contributed by atoms with Gasteiger partial charge in [0.15, 0.2) is 0 Å². The molecule has 1 atom stereocenters. The predicted molar refractivity (Wildman–Crippen MR) is 92.1 cm³/mol. The van der Waals surface area contributed by atoms with Crippen LogP contribution in [-0.2, 0) is 14.3 Å². The summed E-state index contributed by atoms with van der Waals surface area (Å²) in [7, 11) is -5.02. The van der Waals surface area contributed by atoms with Gasteiger partial charge in [-0.05, 0) is 36.1 Å². The maximum absolute atomic E-state index is 13.9. The van der Waals surface area contributed by atoms with Gasteiger partial charge in [-0.15, -0.1) is 0 Å². The van der Waals surface area contributed by atoms with Crippen molar-refractivity contribution in [1.82, 2.24) is 0 Å². The molecule has 0 aromatic heterocycles. The summed E-state index contributed by atoms with van der Waals surface area (Å²) in [4.78, 5) is -0.528. The van der Waals surface area contributed by atoms with Crippen molar-refractivity contribution in [2.75, 3.05) is 0 Å². The van der Waals surface area contributed by atoms with Crippen LogP contribution in [-0.4, -0.2) is 14.6 Å². The van der Waals surface area contributed by atoms with Crippen molar-refractivity contribution < 1.29 is 34.6 Å². The molecule has 3 rings (SSSR count). The molecular weight excluding hydrogens is 403 g/mol. The third-order valence-corrected chi connectivity index (χ3v) is 5.49. The van der Waals surface area contributed by atoms with E-state index in [9.17, 15) is 30.4 Å². The van der Waals surface area contributed by atoms with E-state index in [0.29, 0.717) is 23.1 Å². The Hall–Kier alpha value is -2.52. The Balaban J connectivity index is 2.16. The summed E-state index contributed by atoms with van der Waals surface area (Å²) in [5.41, 5.74) is -0.822. The van der Waals surface area contributed by atoms with Gasteiger partial charge in [-0.1, -0.05) is 36.4 Å². The lowest BCUT2D eigenvalue weighted by atomic mass is 10.1. The molecule has 0 amide bonds. The van der Waals surface area contributed by atoms with Crippen molar-refractivity contribution in [3.63, 3.8) is 0 Å². The second-order valence-corrected chi connectivity index (χ2v) is 7.57. The van der Waals surface area contributed by atoms with Crippen molar-refractivity contribution in [1.29, 1.82) is 0 Å². The molecule has 0 aliphatic carbocycles. The van der Waals surface area contributed by atoms with Crippen LogP contribution in [0.5, 0.6) is 0 Å². The topological polar surface area (TPSA) is 43.4 Å². The average Bonchev–Trinajstić information content (AvgIpc) is 2.59. The van der Waals surface area contributed by atoms with Crippen molar-refractivity contribution in [2.24, 2.45) is 0 Å². The van der Waals surface area contributed by atoms with Crippen molar-refractivity contribution >= 4 is 20.9 Å². The second-order valence-electron chi connectivity index (χ2n) is 6.03. The van der Waals surface area contributed by atoms with Gasteiger partial charge in [0.25, 0.3) is 10.1 Å². The highest BCUT2D eigenvalue weighted by atomic mass is 32.2. The van der Waals surface area contributed by atoms with E-state index in [1.54, 1.807) is 19.1 Å². The normalized spacial score (nSPS) is 13.6. The summed E-state index contributed by atoms with van der Waals surface area (Å²) in [6.45, 7) is 1.70. The van der Waals surface area contributed by atoms with Crippen molar-refractivity contribution in [2.45, 2.75) is 24.1 Å². The Morgan fingerprint density at radius 1 is 0.857 bits per heavy atom. The highest BCUT2D eigenvalue weighted by Gasteiger charge is 2.48. The lowest BCUT2D eigenvalue weighted by molar-refractivity contribution is -0.198. The molecule has 0 aliphatic heterocycles. The predicted octanol–water partition coefficient (Wildman–Crippen LogP) is 5.44. The fourth-order valence-corrected chi connectivity index (χ4v) is 4.12. The molecule has 0 aliphatic rings. The van der Waals surface area contributed by atoms with Crippen LogP contribution >= 0.6 is 0 Å². The number of hydrogen-bond donors (Lipinski definition) is 0. The van der Waals surface area contributed by atoms with Crippen LogP contribution in [0.3, 0.4) is 0 Å². The molecule has 1 unspecified atom stereocenters. The number of fused-ring (bicyclic) bond motifs is 1. The van der Waals surface area contributed by atoms with Gasteiger partial charge >= 0.3 is 6.18 Å². The van der Waals surface area contributed by atoms with Crippen LogP contribution in [0.4, 0.5) is 22.0 Å². The van der Waals surface area contributed by atoms with Gasteiger partial charge in [-0.25, -0.2) is 13.0 Å². The standard InChI is InChI=1S/C19H13F5O3S/c1-11-5-2-7-13-12(11)6-3-10-16(13)28(25,26)27-18(19(22,23)24)17-14(20)8-4-9-15(17)21/h2-10,18H,1H3. The van der Waals surface area contributed by atoms with E-state index in [4.69, 9.17) is 0 Å². The van der Waals surface area contributed by atoms with Gasteiger partial charge in [0.1, 0.15) is 16.5 Å². The first-order chi connectivity index (χ1) is 13.0. The summed E-state index contributed by atoms with van der Waals surface area (Å²) in [6.07, 6.45) is -8.71. The number of rotatable bonds is 4. The summed E-state index contributed by atoms with van der Waals surface area (Å²) in [5, 5.41) is 0.630. The molecule has 0 saturated carbocycles. The molecule has 148 valence electrons. The molecule has 0 saturated heterocycles. The monoisotopic (exact) mass is 416 g/mol. The van der Waals surface area contributed by atoms with E-state index in [0.717, 1.165) is 12.1 Å². The first-order valence-corrected chi connectivity index (χ1v) is 9.35. The quantitative estimate of drug-likeness (QED) is 0.421. The minimum Gasteiger partial charge on any atom is -0.248 e. The van der Waals surface area contributed by atoms with Crippen LogP contribution in [0.25, 0.3) is 10.8 Å². The lowest BCUT2D eigenvalue weighted by Gasteiger charge is -2.22. The third kappa shape index (κ3) is 3.72. The van der Waals surface area contributed by atoms with Crippen molar-refractivity contribution in [3.05, 3.63) is 77.4 Å². The molecule has 0 spiro atoms. The molecule has 3 nitrogen and oxygen atoms in total. The Bertz CT molecular complexity index is 1120. The Kier molecular flexibility index (Phi) is 5.16. The minimum absolute atomic E-state index is 0.137.